The largest absolute Gasteiger partial charge is 0.508 e. The molecule has 1 atom stereocenters. The molecule has 1 unspecified atom stereocenters. The first kappa shape index (κ1) is 20.6. The second-order valence-corrected chi connectivity index (χ2v) is 8.40. The number of carbonyl (C=O) groups is 1. The van der Waals surface area contributed by atoms with Crippen molar-refractivity contribution >= 4 is 11.5 Å². The molecule has 0 spiro atoms. The molecule has 5 heteroatoms. The average Bonchev–Trinajstić information content (AvgIpc) is 2.55. The van der Waals surface area contributed by atoms with Crippen LogP contribution in [0.3, 0.4) is 0 Å². The maximum Gasteiger partial charge on any atom is 0.166 e. The predicted octanol–water partition coefficient (Wildman–Crippen LogP) is 5.06. The number of carbonyl (C=O) groups excluding carboxylic acids is 1. The van der Waals surface area contributed by atoms with E-state index < -0.39 is 0 Å². The molecule has 2 aromatic carbocycles. The Morgan fingerprint density at radius 1 is 1.04 bits per heavy atom. The summed E-state index contributed by atoms with van der Waals surface area (Å²) in [5, 5.41) is 32.6. The van der Waals surface area contributed by atoms with Gasteiger partial charge < -0.3 is 20.6 Å². The molecule has 0 saturated carbocycles. The van der Waals surface area contributed by atoms with Gasteiger partial charge in [-0.2, -0.15) is 0 Å². The third-order valence-corrected chi connectivity index (χ3v) is 4.34. The van der Waals surface area contributed by atoms with Gasteiger partial charge in [0.15, 0.2) is 5.78 Å². The van der Waals surface area contributed by atoms with E-state index in [1.807, 2.05) is 6.92 Å². The molecule has 146 valence electrons. The van der Waals surface area contributed by atoms with E-state index in [1.165, 1.54) is 24.3 Å². The van der Waals surface area contributed by atoms with E-state index in [2.05, 4.69) is 26.1 Å². The van der Waals surface area contributed by atoms with Crippen LogP contribution in [-0.2, 0) is 6.54 Å². The number of phenolic OH excluding ortho intramolecular Hbond substituents is 3. The summed E-state index contributed by atoms with van der Waals surface area (Å²) in [5.41, 5.74) is 1.63. The van der Waals surface area contributed by atoms with Crippen molar-refractivity contribution in [2.45, 2.75) is 47.1 Å². The molecule has 0 amide bonds. The first-order valence-electron chi connectivity index (χ1n) is 9.16. The number of ketones is 1. The number of Topliss-reactive ketones (excluding diaryl/α,β-unsaturated/α-hetero) is 1. The fourth-order valence-corrected chi connectivity index (χ4v) is 3.32. The minimum atomic E-state index is -0.0897. The van der Waals surface area contributed by atoms with Crippen molar-refractivity contribution in [3.8, 4) is 17.2 Å². The summed E-state index contributed by atoms with van der Waals surface area (Å²) in [7, 11) is 0. The van der Waals surface area contributed by atoms with Crippen LogP contribution in [0.2, 0.25) is 0 Å². The van der Waals surface area contributed by atoms with Crippen LogP contribution in [0.15, 0.2) is 36.4 Å². The van der Waals surface area contributed by atoms with E-state index in [1.54, 1.807) is 12.1 Å². The molecule has 4 N–H and O–H groups in total. The van der Waals surface area contributed by atoms with E-state index in [0.717, 1.165) is 6.42 Å². The van der Waals surface area contributed by atoms with Crippen LogP contribution < -0.4 is 5.32 Å². The fraction of sp³-hybridized carbons (Fsp3) is 0.409. The van der Waals surface area contributed by atoms with Crippen LogP contribution in [0, 0.1) is 11.3 Å². The summed E-state index contributed by atoms with van der Waals surface area (Å²) in [5.74, 6) is 0.241. The molecular formula is C22H29NO4. The average molecular weight is 371 g/mol. The Morgan fingerprint density at radius 3 is 2.37 bits per heavy atom. The molecule has 5 nitrogen and oxygen atoms in total. The number of rotatable bonds is 7. The molecule has 0 bridgehead atoms. The van der Waals surface area contributed by atoms with E-state index in [4.69, 9.17) is 0 Å². The number of nitrogens with one attached hydrogen (secondary N) is 1. The third-order valence-electron chi connectivity index (χ3n) is 4.34. The molecule has 2 aromatic rings. The predicted molar refractivity (Wildman–Crippen MR) is 107 cm³/mol. The summed E-state index contributed by atoms with van der Waals surface area (Å²) >= 11 is 0. The van der Waals surface area contributed by atoms with Gasteiger partial charge in [0.25, 0.3) is 0 Å². The highest BCUT2D eigenvalue weighted by Gasteiger charge is 2.20. The first-order valence-corrected chi connectivity index (χ1v) is 9.16. The number of phenols is 3. The monoisotopic (exact) mass is 371 g/mol. The highest BCUT2D eigenvalue weighted by Crippen LogP contribution is 2.30. The number of hydrogen-bond acceptors (Lipinski definition) is 5. The van der Waals surface area contributed by atoms with Crippen molar-refractivity contribution in [3.63, 3.8) is 0 Å². The van der Waals surface area contributed by atoms with Crippen molar-refractivity contribution in [1.29, 1.82) is 0 Å². The van der Waals surface area contributed by atoms with Gasteiger partial charge in [0.2, 0.25) is 0 Å². The lowest BCUT2D eigenvalue weighted by atomic mass is 9.83. The maximum absolute atomic E-state index is 12.6. The van der Waals surface area contributed by atoms with Gasteiger partial charge in [-0.3, -0.25) is 4.79 Å². The van der Waals surface area contributed by atoms with Gasteiger partial charge >= 0.3 is 0 Å². The van der Waals surface area contributed by atoms with Crippen molar-refractivity contribution in [3.05, 3.63) is 47.5 Å². The van der Waals surface area contributed by atoms with Gasteiger partial charge in [0.05, 0.1) is 5.56 Å². The maximum atomic E-state index is 12.6. The normalized spacial score (nSPS) is 12.6. The van der Waals surface area contributed by atoms with Crippen LogP contribution in [0.1, 0.15) is 56.5 Å². The quantitative estimate of drug-likeness (QED) is 0.403. The number of aromatic hydroxyl groups is 3. The summed E-state index contributed by atoms with van der Waals surface area (Å²) < 4.78 is 0. The lowest BCUT2D eigenvalue weighted by molar-refractivity contribution is 0.0951. The van der Waals surface area contributed by atoms with Crippen LogP contribution in [0.25, 0.3) is 0 Å². The third kappa shape index (κ3) is 6.20. The van der Waals surface area contributed by atoms with Crippen LogP contribution in [-0.4, -0.2) is 21.1 Å². The smallest absolute Gasteiger partial charge is 0.166 e. The summed E-state index contributed by atoms with van der Waals surface area (Å²) in [6, 6.07) is 9.10. The molecule has 0 heterocycles. The van der Waals surface area contributed by atoms with Crippen molar-refractivity contribution < 1.29 is 20.1 Å². The molecule has 0 fully saturated rings. The second kappa shape index (κ2) is 8.33. The van der Waals surface area contributed by atoms with Gasteiger partial charge in [0, 0.05) is 24.2 Å². The Kier molecular flexibility index (Phi) is 6.37. The van der Waals surface area contributed by atoms with E-state index >= 15 is 0 Å². The summed E-state index contributed by atoms with van der Waals surface area (Å²) in [6.45, 7) is 8.76. The zero-order valence-corrected chi connectivity index (χ0v) is 16.4. The lowest BCUT2D eigenvalue weighted by Gasteiger charge is -2.22. The van der Waals surface area contributed by atoms with E-state index in [0.29, 0.717) is 23.2 Å². The minimum Gasteiger partial charge on any atom is -0.508 e. The van der Waals surface area contributed by atoms with Crippen molar-refractivity contribution in [2.24, 2.45) is 11.3 Å². The van der Waals surface area contributed by atoms with Crippen LogP contribution >= 0.6 is 0 Å². The van der Waals surface area contributed by atoms with Crippen LogP contribution in [0.5, 0.6) is 17.2 Å². The molecule has 0 aliphatic heterocycles. The van der Waals surface area contributed by atoms with Gasteiger partial charge in [-0.1, -0.05) is 27.7 Å². The number of anilines is 1. The minimum absolute atomic E-state index is 0.0336. The van der Waals surface area contributed by atoms with Crippen molar-refractivity contribution in [1.82, 2.24) is 0 Å². The highest BCUT2D eigenvalue weighted by atomic mass is 16.3. The number of hydrogen-bond donors (Lipinski definition) is 4. The Hall–Kier alpha value is -2.69. The molecule has 0 aromatic heterocycles. The molecule has 0 saturated heterocycles. The molecule has 27 heavy (non-hydrogen) atoms. The fourth-order valence-electron chi connectivity index (χ4n) is 3.32. The second-order valence-electron chi connectivity index (χ2n) is 8.40. The first-order chi connectivity index (χ1) is 12.5. The molecule has 2 rings (SSSR count). The SMILES string of the molecule is CC(CC(=O)c1cc(NCc2cc(O)ccc2O)ccc1O)CC(C)(C)C. The topological polar surface area (TPSA) is 89.8 Å². The Bertz CT molecular complexity index is 808. The Balaban J connectivity index is 2.08. The lowest BCUT2D eigenvalue weighted by Crippen LogP contribution is -2.14. The van der Waals surface area contributed by atoms with Gasteiger partial charge in [-0.05, 0) is 54.2 Å². The highest BCUT2D eigenvalue weighted by molar-refractivity contribution is 5.99. The Labute approximate surface area is 160 Å². The number of benzene rings is 2. The van der Waals surface area contributed by atoms with Gasteiger partial charge in [-0.15, -0.1) is 0 Å². The van der Waals surface area contributed by atoms with E-state index in [9.17, 15) is 20.1 Å². The Morgan fingerprint density at radius 2 is 1.70 bits per heavy atom. The van der Waals surface area contributed by atoms with Crippen molar-refractivity contribution in [2.75, 3.05) is 5.32 Å². The summed E-state index contributed by atoms with van der Waals surface area (Å²) in [4.78, 5) is 12.6. The van der Waals surface area contributed by atoms with Crippen LogP contribution in [0.4, 0.5) is 5.69 Å². The van der Waals surface area contributed by atoms with Gasteiger partial charge in [-0.25, -0.2) is 0 Å². The standard InChI is InChI=1S/C22H29NO4/c1-14(12-22(2,3)4)9-21(27)18-11-16(5-7-20(18)26)23-13-15-10-17(24)6-8-19(15)25/h5-8,10-11,14,23-26H,9,12-13H2,1-4H3. The molecule has 0 aliphatic carbocycles. The van der Waals surface area contributed by atoms with Gasteiger partial charge in [0.1, 0.15) is 17.2 Å². The molecule has 0 aliphatic rings. The van der Waals surface area contributed by atoms with E-state index in [-0.39, 0.29) is 40.9 Å². The molecular weight excluding hydrogens is 342 g/mol. The summed E-state index contributed by atoms with van der Waals surface area (Å²) in [6.07, 6.45) is 1.30. The zero-order chi connectivity index (χ0) is 20.2. The molecule has 0 radical (unpaired) electrons. The zero-order valence-electron chi connectivity index (χ0n) is 16.4.